The van der Waals surface area contributed by atoms with Crippen LogP contribution in [0.1, 0.15) is 41.8 Å². The van der Waals surface area contributed by atoms with Crippen LogP contribution in [0, 0.1) is 0 Å². The standard InChI is InChI=1S/C18H20BrN3O2/c19-15-7-5-6-14(12-15)18(23)21-20-13-16-8-9-17(24-16)22-10-3-1-2-4-11-22/h5-9,12-13H,1-4,10-11H2,(H,21,23). The average Bonchev–Trinajstić information content (AvgIpc) is 2.88. The molecule has 24 heavy (non-hydrogen) atoms. The van der Waals surface area contributed by atoms with E-state index in [1.807, 2.05) is 24.3 Å². The summed E-state index contributed by atoms with van der Waals surface area (Å²) in [5.74, 6) is 1.24. The molecule has 0 atom stereocenters. The van der Waals surface area contributed by atoms with Crippen LogP contribution >= 0.6 is 15.9 Å². The third-order valence-electron chi connectivity index (χ3n) is 3.98. The monoisotopic (exact) mass is 389 g/mol. The van der Waals surface area contributed by atoms with Crippen molar-refractivity contribution in [3.05, 3.63) is 52.2 Å². The first-order valence-electron chi connectivity index (χ1n) is 8.16. The Hall–Kier alpha value is -2.08. The van der Waals surface area contributed by atoms with E-state index < -0.39 is 0 Å². The maximum Gasteiger partial charge on any atom is 0.271 e. The molecule has 1 aromatic heterocycles. The summed E-state index contributed by atoms with van der Waals surface area (Å²) in [7, 11) is 0. The van der Waals surface area contributed by atoms with Crippen molar-refractivity contribution in [1.82, 2.24) is 5.43 Å². The predicted molar refractivity (Wildman–Crippen MR) is 98.6 cm³/mol. The van der Waals surface area contributed by atoms with Crippen molar-refractivity contribution in [3.63, 3.8) is 0 Å². The maximum atomic E-state index is 12.0. The van der Waals surface area contributed by atoms with Gasteiger partial charge in [-0.3, -0.25) is 4.79 Å². The predicted octanol–water partition coefficient (Wildman–Crippen LogP) is 4.19. The molecule has 0 bridgehead atoms. The zero-order valence-electron chi connectivity index (χ0n) is 13.4. The Morgan fingerprint density at radius 2 is 1.96 bits per heavy atom. The molecule has 0 unspecified atom stereocenters. The molecule has 3 rings (SSSR count). The van der Waals surface area contributed by atoms with Gasteiger partial charge < -0.3 is 9.32 Å². The smallest absolute Gasteiger partial charge is 0.271 e. The fourth-order valence-electron chi connectivity index (χ4n) is 2.72. The van der Waals surface area contributed by atoms with Crippen LogP contribution in [0.3, 0.4) is 0 Å². The summed E-state index contributed by atoms with van der Waals surface area (Å²) in [5.41, 5.74) is 3.06. The molecule has 1 fully saturated rings. The third kappa shape index (κ3) is 4.47. The first kappa shape index (κ1) is 16.8. The highest BCUT2D eigenvalue weighted by atomic mass is 79.9. The van der Waals surface area contributed by atoms with Crippen molar-refractivity contribution in [3.8, 4) is 0 Å². The van der Waals surface area contributed by atoms with Crippen LogP contribution in [0.2, 0.25) is 0 Å². The van der Waals surface area contributed by atoms with Gasteiger partial charge in [0.25, 0.3) is 5.91 Å². The molecule has 2 aromatic rings. The van der Waals surface area contributed by atoms with E-state index in [0.717, 1.165) is 23.4 Å². The van der Waals surface area contributed by atoms with Gasteiger partial charge in [-0.1, -0.05) is 34.8 Å². The van der Waals surface area contributed by atoms with Gasteiger partial charge in [0.1, 0.15) is 5.76 Å². The molecule has 126 valence electrons. The van der Waals surface area contributed by atoms with Crippen molar-refractivity contribution in [2.24, 2.45) is 5.10 Å². The van der Waals surface area contributed by atoms with Crippen molar-refractivity contribution < 1.29 is 9.21 Å². The van der Waals surface area contributed by atoms with Gasteiger partial charge in [-0.15, -0.1) is 0 Å². The molecule has 0 saturated carbocycles. The second kappa shape index (κ2) is 8.15. The SMILES string of the molecule is O=C(NN=Cc1ccc(N2CCCCCC2)o1)c1cccc(Br)c1. The molecule has 6 heteroatoms. The minimum absolute atomic E-state index is 0.258. The van der Waals surface area contributed by atoms with Crippen LogP contribution in [0.5, 0.6) is 0 Å². The molecular formula is C18H20BrN3O2. The average molecular weight is 390 g/mol. The van der Waals surface area contributed by atoms with Crippen LogP contribution in [0.25, 0.3) is 0 Å². The lowest BCUT2D eigenvalue weighted by Gasteiger charge is -2.18. The molecule has 1 aliphatic rings. The number of halogens is 1. The molecule has 1 N–H and O–H groups in total. The number of benzene rings is 1. The fraction of sp³-hybridized carbons (Fsp3) is 0.333. The van der Waals surface area contributed by atoms with Crippen molar-refractivity contribution >= 4 is 33.9 Å². The highest BCUT2D eigenvalue weighted by Crippen LogP contribution is 2.21. The van der Waals surface area contributed by atoms with Crippen LogP contribution < -0.4 is 10.3 Å². The molecule has 5 nitrogen and oxygen atoms in total. The van der Waals surface area contributed by atoms with E-state index in [0.29, 0.717) is 11.3 Å². The Morgan fingerprint density at radius 3 is 2.71 bits per heavy atom. The Bertz CT molecular complexity index is 719. The summed E-state index contributed by atoms with van der Waals surface area (Å²) < 4.78 is 6.66. The summed E-state index contributed by atoms with van der Waals surface area (Å²) in [4.78, 5) is 14.3. The van der Waals surface area contributed by atoms with E-state index in [1.54, 1.807) is 12.1 Å². The molecule has 0 radical (unpaired) electrons. The quantitative estimate of drug-likeness (QED) is 0.629. The zero-order chi connectivity index (χ0) is 16.8. The highest BCUT2D eigenvalue weighted by Gasteiger charge is 2.13. The number of anilines is 1. The maximum absolute atomic E-state index is 12.0. The van der Waals surface area contributed by atoms with Gasteiger partial charge in [0.15, 0.2) is 5.88 Å². The van der Waals surface area contributed by atoms with Gasteiger partial charge in [-0.25, -0.2) is 5.43 Å². The Kier molecular flexibility index (Phi) is 5.69. The molecule has 1 aromatic carbocycles. The fourth-order valence-corrected chi connectivity index (χ4v) is 3.12. The molecule has 1 aliphatic heterocycles. The van der Waals surface area contributed by atoms with E-state index in [2.05, 4.69) is 31.4 Å². The molecule has 0 aliphatic carbocycles. The first-order valence-corrected chi connectivity index (χ1v) is 8.95. The van der Waals surface area contributed by atoms with E-state index >= 15 is 0 Å². The van der Waals surface area contributed by atoms with Gasteiger partial charge in [0.2, 0.25) is 0 Å². The van der Waals surface area contributed by atoms with Gasteiger partial charge >= 0.3 is 0 Å². The summed E-state index contributed by atoms with van der Waals surface area (Å²) in [6, 6.07) is 11.0. The second-order valence-electron chi connectivity index (χ2n) is 5.79. The van der Waals surface area contributed by atoms with E-state index in [9.17, 15) is 4.79 Å². The third-order valence-corrected chi connectivity index (χ3v) is 4.47. The van der Waals surface area contributed by atoms with E-state index in [1.165, 1.54) is 31.9 Å². The number of rotatable bonds is 4. The summed E-state index contributed by atoms with van der Waals surface area (Å²) in [6.45, 7) is 2.06. The number of carbonyl (C=O) groups is 1. The lowest BCUT2D eigenvalue weighted by molar-refractivity contribution is 0.0955. The van der Waals surface area contributed by atoms with Crippen LogP contribution in [-0.4, -0.2) is 25.2 Å². The second-order valence-corrected chi connectivity index (χ2v) is 6.70. The number of carbonyl (C=O) groups excluding carboxylic acids is 1. The Balaban J connectivity index is 1.58. The number of furan rings is 1. The molecule has 2 heterocycles. The number of hydrazone groups is 1. The number of nitrogens with one attached hydrogen (secondary N) is 1. The molecule has 0 spiro atoms. The van der Waals surface area contributed by atoms with Gasteiger partial charge in [-0.2, -0.15) is 5.10 Å². The highest BCUT2D eigenvalue weighted by molar-refractivity contribution is 9.10. The number of amides is 1. The van der Waals surface area contributed by atoms with Crippen molar-refractivity contribution in [1.29, 1.82) is 0 Å². The summed E-state index contributed by atoms with van der Waals surface area (Å²) in [5, 5.41) is 3.97. The minimum Gasteiger partial charge on any atom is -0.440 e. The van der Waals surface area contributed by atoms with Crippen molar-refractivity contribution in [2.45, 2.75) is 25.7 Å². The number of nitrogens with zero attached hydrogens (tertiary/aromatic N) is 2. The lowest BCUT2D eigenvalue weighted by atomic mass is 10.2. The lowest BCUT2D eigenvalue weighted by Crippen LogP contribution is -2.23. The van der Waals surface area contributed by atoms with Gasteiger partial charge in [0.05, 0.1) is 6.21 Å². The first-order chi connectivity index (χ1) is 11.7. The minimum atomic E-state index is -0.258. The number of hydrogen-bond acceptors (Lipinski definition) is 4. The van der Waals surface area contributed by atoms with Crippen LogP contribution in [-0.2, 0) is 0 Å². The molecular weight excluding hydrogens is 370 g/mol. The van der Waals surface area contributed by atoms with E-state index in [-0.39, 0.29) is 5.91 Å². The van der Waals surface area contributed by atoms with Gasteiger partial charge in [0, 0.05) is 29.2 Å². The van der Waals surface area contributed by atoms with E-state index in [4.69, 9.17) is 4.42 Å². The summed E-state index contributed by atoms with van der Waals surface area (Å²) in [6.07, 6.45) is 6.50. The van der Waals surface area contributed by atoms with Crippen LogP contribution in [0.15, 0.2) is 50.4 Å². The normalized spacial score (nSPS) is 15.5. The van der Waals surface area contributed by atoms with Gasteiger partial charge in [-0.05, 0) is 37.1 Å². The van der Waals surface area contributed by atoms with Crippen molar-refractivity contribution in [2.75, 3.05) is 18.0 Å². The zero-order valence-corrected chi connectivity index (χ0v) is 15.0. The summed E-state index contributed by atoms with van der Waals surface area (Å²) >= 11 is 3.34. The Labute approximate surface area is 149 Å². The largest absolute Gasteiger partial charge is 0.440 e. The molecule has 1 amide bonds. The van der Waals surface area contributed by atoms with Crippen LogP contribution in [0.4, 0.5) is 5.88 Å². The topological polar surface area (TPSA) is 57.8 Å². The number of hydrogen-bond donors (Lipinski definition) is 1. The Morgan fingerprint density at radius 1 is 1.17 bits per heavy atom. The molecule has 1 saturated heterocycles.